The monoisotopic (exact) mass is 385 g/mol. The molecule has 2 amide bonds. The summed E-state index contributed by atoms with van der Waals surface area (Å²) in [7, 11) is 2.02. The van der Waals surface area contributed by atoms with Gasteiger partial charge in [0.2, 0.25) is 5.91 Å². The lowest BCUT2D eigenvalue weighted by molar-refractivity contribution is -0.120. The Balaban J connectivity index is 2.24. The van der Waals surface area contributed by atoms with Crippen molar-refractivity contribution in [2.45, 2.75) is 45.8 Å². The molecule has 2 rings (SSSR count). The van der Waals surface area contributed by atoms with Crippen LogP contribution in [0.25, 0.3) is 0 Å². The van der Waals surface area contributed by atoms with Crippen molar-refractivity contribution in [2.75, 3.05) is 13.6 Å². The van der Waals surface area contributed by atoms with E-state index in [-0.39, 0.29) is 11.8 Å². The van der Waals surface area contributed by atoms with E-state index in [1.165, 1.54) is 0 Å². The lowest BCUT2D eigenvalue weighted by atomic mass is 10.0. The summed E-state index contributed by atoms with van der Waals surface area (Å²) in [5, 5.41) is 2.73. The molecule has 2 heterocycles. The van der Waals surface area contributed by atoms with Gasteiger partial charge < -0.3 is 20.5 Å². The maximum absolute atomic E-state index is 12.6. The van der Waals surface area contributed by atoms with E-state index < -0.39 is 11.9 Å². The lowest BCUT2D eigenvalue weighted by Crippen LogP contribution is -2.45. The van der Waals surface area contributed by atoms with E-state index in [4.69, 9.17) is 5.73 Å². The molecule has 0 saturated carbocycles. The molecule has 8 heteroatoms. The number of carbonyl (C=O) groups excluding carboxylic acids is 2. The van der Waals surface area contributed by atoms with Gasteiger partial charge in [-0.1, -0.05) is 13.8 Å². The maximum Gasteiger partial charge on any atom is 0.272 e. The lowest BCUT2D eigenvalue weighted by Gasteiger charge is -2.18. The van der Waals surface area contributed by atoms with Gasteiger partial charge in [0.05, 0.1) is 5.69 Å². The van der Waals surface area contributed by atoms with Gasteiger partial charge in [0.1, 0.15) is 6.04 Å². The molecule has 3 N–H and O–H groups in total. The van der Waals surface area contributed by atoms with Crippen LogP contribution in [0.3, 0.4) is 0 Å². The molecule has 0 saturated heterocycles. The number of fused-ring (bicyclic) bond motifs is 1. The summed E-state index contributed by atoms with van der Waals surface area (Å²) >= 11 is 3.42. The zero-order valence-corrected chi connectivity index (χ0v) is 15.4. The largest absolute Gasteiger partial charge is 0.368 e. The minimum Gasteiger partial charge on any atom is -0.368 e. The van der Waals surface area contributed by atoms with E-state index in [2.05, 4.69) is 31.1 Å². The smallest absolute Gasteiger partial charge is 0.272 e. The van der Waals surface area contributed by atoms with Gasteiger partial charge in [-0.05, 0) is 48.3 Å². The fraction of sp³-hybridized carbons (Fsp3) is 0.667. The molecule has 0 unspecified atom stereocenters. The first-order valence-electron chi connectivity index (χ1n) is 7.83. The number of rotatable bonds is 5. The molecule has 1 aliphatic rings. The molecule has 0 aromatic carbocycles. The van der Waals surface area contributed by atoms with E-state index in [0.717, 1.165) is 25.2 Å². The van der Waals surface area contributed by atoms with E-state index in [1.807, 2.05) is 25.5 Å². The van der Waals surface area contributed by atoms with Gasteiger partial charge in [-0.3, -0.25) is 9.59 Å². The third kappa shape index (κ3) is 4.32. The van der Waals surface area contributed by atoms with Crippen molar-refractivity contribution in [3.05, 3.63) is 16.1 Å². The SMILES string of the molecule is CC(C)C[C@H](NC(=O)c1nc(Br)n2c1CN(C)CCC2)C(N)=O. The van der Waals surface area contributed by atoms with Crippen molar-refractivity contribution in [1.82, 2.24) is 19.8 Å². The molecule has 0 fully saturated rings. The molecule has 128 valence electrons. The summed E-state index contributed by atoms with van der Waals surface area (Å²) in [5.74, 6) is -0.613. The second kappa shape index (κ2) is 7.44. The van der Waals surface area contributed by atoms with Crippen molar-refractivity contribution in [1.29, 1.82) is 0 Å². The number of hydrogen-bond donors (Lipinski definition) is 2. The zero-order chi connectivity index (χ0) is 17.1. The zero-order valence-electron chi connectivity index (χ0n) is 13.8. The first-order chi connectivity index (χ1) is 10.8. The van der Waals surface area contributed by atoms with Gasteiger partial charge >= 0.3 is 0 Å². The van der Waals surface area contributed by atoms with Gasteiger partial charge in [-0.25, -0.2) is 4.98 Å². The van der Waals surface area contributed by atoms with Gasteiger partial charge in [0.15, 0.2) is 10.4 Å². The Labute approximate surface area is 144 Å². The fourth-order valence-electron chi connectivity index (χ4n) is 2.80. The first-order valence-corrected chi connectivity index (χ1v) is 8.62. The summed E-state index contributed by atoms with van der Waals surface area (Å²) < 4.78 is 2.66. The topological polar surface area (TPSA) is 93.2 Å². The number of aromatic nitrogens is 2. The van der Waals surface area contributed by atoms with Gasteiger partial charge in [-0.2, -0.15) is 0 Å². The van der Waals surface area contributed by atoms with E-state index >= 15 is 0 Å². The van der Waals surface area contributed by atoms with Crippen LogP contribution >= 0.6 is 15.9 Å². The van der Waals surface area contributed by atoms with Crippen LogP contribution in [0, 0.1) is 5.92 Å². The third-order valence-electron chi connectivity index (χ3n) is 3.94. The molecule has 23 heavy (non-hydrogen) atoms. The standard InChI is InChI=1S/C15H24BrN5O2/c1-9(2)7-10(13(17)22)18-14(23)12-11-8-20(3)5-4-6-21(11)15(16)19-12/h9-10H,4-8H2,1-3H3,(H2,17,22)(H,18,23)/t10-/m0/s1. The van der Waals surface area contributed by atoms with Crippen molar-refractivity contribution in [3.8, 4) is 0 Å². The number of primary amides is 1. The Hall–Kier alpha value is -1.41. The summed E-state index contributed by atoms with van der Waals surface area (Å²) in [6, 6.07) is -0.679. The Morgan fingerprint density at radius 2 is 2.09 bits per heavy atom. The highest BCUT2D eigenvalue weighted by Gasteiger charge is 2.27. The molecule has 1 aromatic heterocycles. The highest BCUT2D eigenvalue weighted by atomic mass is 79.9. The highest BCUT2D eigenvalue weighted by molar-refractivity contribution is 9.10. The summed E-state index contributed by atoms with van der Waals surface area (Å²) in [5.41, 5.74) is 6.63. The predicted octanol–water partition coefficient (Wildman–Crippen LogP) is 1.11. The van der Waals surface area contributed by atoms with Crippen LogP contribution in [0.2, 0.25) is 0 Å². The summed E-state index contributed by atoms with van der Waals surface area (Å²) in [4.78, 5) is 30.7. The van der Waals surface area contributed by atoms with Gasteiger partial charge in [-0.15, -0.1) is 0 Å². The van der Waals surface area contributed by atoms with E-state index in [1.54, 1.807) is 0 Å². The molecule has 0 aliphatic carbocycles. The van der Waals surface area contributed by atoms with Crippen LogP contribution in [-0.2, 0) is 17.9 Å². The Morgan fingerprint density at radius 3 is 2.70 bits per heavy atom. The van der Waals surface area contributed by atoms with Crippen molar-refractivity contribution >= 4 is 27.7 Å². The van der Waals surface area contributed by atoms with Crippen molar-refractivity contribution in [3.63, 3.8) is 0 Å². The average molecular weight is 386 g/mol. The van der Waals surface area contributed by atoms with Crippen LogP contribution < -0.4 is 11.1 Å². The minimum absolute atomic E-state index is 0.254. The van der Waals surface area contributed by atoms with Crippen LogP contribution in [-0.4, -0.2) is 45.9 Å². The Morgan fingerprint density at radius 1 is 1.39 bits per heavy atom. The van der Waals surface area contributed by atoms with E-state index in [9.17, 15) is 9.59 Å². The summed E-state index contributed by atoms with van der Waals surface area (Å²) in [6.45, 7) is 6.39. The molecule has 1 aromatic rings. The van der Waals surface area contributed by atoms with Crippen LogP contribution in [0.1, 0.15) is 42.9 Å². The number of hydrogen-bond acceptors (Lipinski definition) is 4. The first kappa shape index (κ1) is 17.9. The number of nitrogens with two attached hydrogens (primary N) is 1. The molecule has 7 nitrogen and oxygen atoms in total. The maximum atomic E-state index is 12.6. The number of amides is 2. The number of nitrogens with one attached hydrogen (secondary N) is 1. The molecule has 0 bridgehead atoms. The Kier molecular flexibility index (Phi) is 5.80. The minimum atomic E-state index is -0.679. The molecule has 1 aliphatic heterocycles. The molecule has 1 atom stereocenters. The molecule has 0 radical (unpaired) electrons. The third-order valence-corrected chi connectivity index (χ3v) is 4.54. The quantitative estimate of drug-likeness (QED) is 0.793. The van der Waals surface area contributed by atoms with Crippen LogP contribution in [0.15, 0.2) is 4.73 Å². The average Bonchev–Trinajstić information content (AvgIpc) is 2.64. The Bertz CT molecular complexity index is 599. The summed E-state index contributed by atoms with van der Waals surface area (Å²) in [6.07, 6.45) is 1.51. The van der Waals surface area contributed by atoms with E-state index in [0.29, 0.717) is 23.4 Å². The molecular formula is C15H24BrN5O2. The molecule has 0 spiro atoms. The van der Waals surface area contributed by atoms with Crippen molar-refractivity contribution < 1.29 is 9.59 Å². The number of nitrogens with zero attached hydrogens (tertiary/aromatic N) is 3. The van der Waals surface area contributed by atoms with Gasteiger partial charge in [0.25, 0.3) is 5.91 Å². The number of imidazole rings is 1. The number of halogens is 1. The van der Waals surface area contributed by atoms with Crippen molar-refractivity contribution in [2.24, 2.45) is 11.7 Å². The highest BCUT2D eigenvalue weighted by Crippen LogP contribution is 2.22. The molecular weight excluding hydrogens is 362 g/mol. The fourth-order valence-corrected chi connectivity index (χ4v) is 3.37. The normalized spacial score (nSPS) is 16.7. The second-order valence-electron chi connectivity index (χ2n) is 6.48. The van der Waals surface area contributed by atoms with Crippen LogP contribution in [0.4, 0.5) is 0 Å². The second-order valence-corrected chi connectivity index (χ2v) is 7.19. The van der Waals surface area contributed by atoms with Crippen LogP contribution in [0.5, 0.6) is 0 Å². The predicted molar refractivity (Wildman–Crippen MR) is 90.8 cm³/mol. The van der Waals surface area contributed by atoms with Gasteiger partial charge in [0, 0.05) is 13.1 Å². The number of carbonyl (C=O) groups is 2.